The van der Waals surface area contributed by atoms with Gasteiger partial charge in [0.2, 0.25) is 0 Å². The van der Waals surface area contributed by atoms with E-state index in [-0.39, 0.29) is 6.42 Å². The van der Waals surface area contributed by atoms with E-state index >= 15 is 0 Å². The highest BCUT2D eigenvalue weighted by atomic mass is 16.4. The molecule has 0 aromatic rings. The monoisotopic (exact) mass is 321 g/mol. The van der Waals surface area contributed by atoms with E-state index in [0.717, 1.165) is 6.54 Å². The van der Waals surface area contributed by atoms with Gasteiger partial charge in [0.1, 0.15) is 12.6 Å². The van der Waals surface area contributed by atoms with Gasteiger partial charge >= 0.3 is 23.9 Å². The van der Waals surface area contributed by atoms with E-state index in [1.807, 2.05) is 10.6 Å². The largest absolute Gasteiger partial charge is 0.481 e. The molecular formula is C12H23N3O7. The number of hydrogen-bond donors (Lipinski definition) is 6. The van der Waals surface area contributed by atoms with Gasteiger partial charge in [0.25, 0.3) is 0 Å². The molecule has 0 aliphatic heterocycles. The Kier molecular flexibility index (Phi) is 13.6. The molecule has 22 heavy (non-hydrogen) atoms. The Morgan fingerprint density at radius 3 is 2.00 bits per heavy atom. The molecule has 0 saturated carbocycles. The molecule has 0 radical (unpaired) electrons. The van der Waals surface area contributed by atoms with Gasteiger partial charge in [-0.1, -0.05) is 13.3 Å². The lowest BCUT2D eigenvalue weighted by Crippen LogP contribution is -2.47. The number of carboxylic acids is 3. The molecule has 2 amide bonds. The molecule has 10 nitrogen and oxygen atoms in total. The molecule has 0 aromatic heterocycles. The Balaban J connectivity index is 0. The van der Waals surface area contributed by atoms with Crippen molar-refractivity contribution in [3.63, 3.8) is 0 Å². The molecule has 0 bridgehead atoms. The Bertz CT molecular complexity index is 372. The molecule has 0 aliphatic rings. The van der Waals surface area contributed by atoms with E-state index in [1.54, 1.807) is 0 Å². The van der Waals surface area contributed by atoms with Gasteiger partial charge in [-0.05, 0) is 19.4 Å². The van der Waals surface area contributed by atoms with Crippen molar-refractivity contribution < 1.29 is 34.5 Å². The number of urea groups is 1. The highest BCUT2D eigenvalue weighted by molar-refractivity contribution is 5.85. The highest BCUT2D eigenvalue weighted by Gasteiger charge is 2.20. The van der Waals surface area contributed by atoms with Crippen molar-refractivity contribution in [2.24, 2.45) is 5.73 Å². The van der Waals surface area contributed by atoms with Crippen molar-refractivity contribution in [2.75, 3.05) is 13.1 Å². The number of amides is 2. The van der Waals surface area contributed by atoms with Crippen LogP contribution in [0.2, 0.25) is 0 Å². The number of nitrogens with two attached hydrogens (primary N) is 1. The van der Waals surface area contributed by atoms with Crippen LogP contribution < -0.4 is 16.4 Å². The summed E-state index contributed by atoms with van der Waals surface area (Å²) in [6, 6.07) is -2.36. The van der Waals surface area contributed by atoms with E-state index in [2.05, 4.69) is 6.92 Å². The van der Waals surface area contributed by atoms with Crippen LogP contribution in [0, 0.1) is 0 Å². The SMILES string of the molecule is CCCCN.O=C(O)CC[C@H](NC(=O)NCC(=O)O)C(=O)O. The Morgan fingerprint density at radius 1 is 1.09 bits per heavy atom. The van der Waals surface area contributed by atoms with Gasteiger partial charge in [0.15, 0.2) is 0 Å². The van der Waals surface area contributed by atoms with E-state index in [1.165, 1.54) is 12.8 Å². The molecule has 0 aliphatic carbocycles. The molecule has 0 fully saturated rings. The summed E-state index contributed by atoms with van der Waals surface area (Å²) >= 11 is 0. The van der Waals surface area contributed by atoms with Crippen molar-refractivity contribution in [3.05, 3.63) is 0 Å². The van der Waals surface area contributed by atoms with Crippen LogP contribution in [0.15, 0.2) is 0 Å². The number of unbranched alkanes of at least 4 members (excludes halogenated alkanes) is 1. The minimum atomic E-state index is -1.39. The smallest absolute Gasteiger partial charge is 0.326 e. The molecular weight excluding hydrogens is 298 g/mol. The number of rotatable bonds is 9. The van der Waals surface area contributed by atoms with Crippen LogP contribution in [0.1, 0.15) is 32.6 Å². The predicted octanol–water partition coefficient (Wildman–Crippen LogP) is -0.567. The summed E-state index contributed by atoms with van der Waals surface area (Å²) < 4.78 is 0. The van der Waals surface area contributed by atoms with Crippen molar-refractivity contribution >= 4 is 23.9 Å². The number of aliphatic carboxylic acids is 3. The van der Waals surface area contributed by atoms with Crippen molar-refractivity contribution in [1.29, 1.82) is 0 Å². The molecule has 0 unspecified atom stereocenters. The lowest BCUT2D eigenvalue weighted by atomic mass is 10.1. The third-order valence-corrected chi connectivity index (χ3v) is 2.21. The van der Waals surface area contributed by atoms with Crippen molar-refractivity contribution in [1.82, 2.24) is 10.6 Å². The first kappa shape index (κ1) is 21.9. The average Bonchev–Trinajstić information content (AvgIpc) is 2.42. The second kappa shape index (κ2) is 13.6. The van der Waals surface area contributed by atoms with Gasteiger partial charge in [-0.15, -0.1) is 0 Å². The van der Waals surface area contributed by atoms with Gasteiger partial charge in [0, 0.05) is 6.42 Å². The van der Waals surface area contributed by atoms with Crippen LogP contribution in [0.3, 0.4) is 0 Å². The van der Waals surface area contributed by atoms with Gasteiger partial charge < -0.3 is 31.7 Å². The fourth-order valence-corrected chi connectivity index (χ4v) is 1.09. The van der Waals surface area contributed by atoms with Crippen molar-refractivity contribution in [2.45, 2.75) is 38.6 Å². The summed E-state index contributed by atoms with van der Waals surface area (Å²) in [5.74, 6) is -3.86. The average molecular weight is 321 g/mol. The van der Waals surface area contributed by atoms with Gasteiger partial charge in [-0.2, -0.15) is 0 Å². The third kappa shape index (κ3) is 15.7. The quantitative estimate of drug-likeness (QED) is 0.326. The minimum absolute atomic E-state index is 0.287. The summed E-state index contributed by atoms with van der Waals surface area (Å²) in [7, 11) is 0. The van der Waals surface area contributed by atoms with Crippen molar-refractivity contribution in [3.8, 4) is 0 Å². The summed E-state index contributed by atoms with van der Waals surface area (Å²) in [5.41, 5.74) is 5.14. The summed E-state index contributed by atoms with van der Waals surface area (Å²) in [6.45, 7) is 2.32. The lowest BCUT2D eigenvalue weighted by molar-refractivity contribution is -0.140. The van der Waals surface area contributed by atoms with Crippen LogP contribution in [-0.4, -0.2) is 58.4 Å². The maximum absolute atomic E-state index is 11.0. The lowest BCUT2D eigenvalue weighted by Gasteiger charge is -2.13. The maximum atomic E-state index is 11.0. The fraction of sp³-hybridized carbons (Fsp3) is 0.667. The molecule has 128 valence electrons. The molecule has 0 saturated heterocycles. The standard InChI is InChI=1S/C8H12N2O7.C4H11N/c11-5(12)2-1-4(7(15)16)10-8(17)9-3-6(13)14;1-2-3-4-5/h4H,1-3H2,(H,11,12)(H,13,14)(H,15,16)(H2,9,10,17);2-5H2,1H3/t4-;/m0./s1. The number of hydrogen-bond acceptors (Lipinski definition) is 5. The van der Waals surface area contributed by atoms with E-state index in [9.17, 15) is 19.2 Å². The minimum Gasteiger partial charge on any atom is -0.481 e. The first-order valence-corrected chi connectivity index (χ1v) is 6.65. The first-order valence-electron chi connectivity index (χ1n) is 6.65. The molecule has 0 aromatic carbocycles. The highest BCUT2D eigenvalue weighted by Crippen LogP contribution is 1.97. The summed E-state index contributed by atoms with van der Waals surface area (Å²) in [4.78, 5) is 42.0. The second-order valence-corrected chi connectivity index (χ2v) is 4.19. The predicted molar refractivity (Wildman–Crippen MR) is 76.4 cm³/mol. The zero-order chi connectivity index (χ0) is 17.5. The molecule has 7 N–H and O–H groups in total. The first-order chi connectivity index (χ1) is 10.2. The van der Waals surface area contributed by atoms with Crippen LogP contribution in [0.4, 0.5) is 4.79 Å². The van der Waals surface area contributed by atoms with E-state index in [0.29, 0.717) is 0 Å². The molecule has 0 rings (SSSR count). The number of carbonyl (C=O) groups is 4. The van der Waals surface area contributed by atoms with E-state index < -0.39 is 42.9 Å². The zero-order valence-electron chi connectivity index (χ0n) is 12.4. The molecule has 10 heteroatoms. The van der Waals surface area contributed by atoms with Crippen LogP contribution >= 0.6 is 0 Å². The topological polar surface area (TPSA) is 179 Å². The molecule has 1 atom stereocenters. The van der Waals surface area contributed by atoms with Crippen LogP contribution in [-0.2, 0) is 14.4 Å². The Hall–Kier alpha value is -2.36. The van der Waals surface area contributed by atoms with Crippen LogP contribution in [0.5, 0.6) is 0 Å². The number of nitrogens with one attached hydrogen (secondary N) is 2. The maximum Gasteiger partial charge on any atom is 0.326 e. The zero-order valence-corrected chi connectivity index (χ0v) is 12.4. The Morgan fingerprint density at radius 2 is 1.68 bits per heavy atom. The summed E-state index contributed by atoms with van der Waals surface area (Å²) in [5, 5.41) is 29.1. The van der Waals surface area contributed by atoms with Gasteiger partial charge in [0.05, 0.1) is 0 Å². The normalized spacial score (nSPS) is 10.6. The van der Waals surface area contributed by atoms with Gasteiger partial charge in [-0.3, -0.25) is 9.59 Å². The number of carbonyl (C=O) groups excluding carboxylic acids is 1. The molecule has 0 spiro atoms. The fourth-order valence-electron chi connectivity index (χ4n) is 1.09. The number of carboxylic acid groups (broad SMARTS) is 3. The third-order valence-electron chi connectivity index (χ3n) is 2.21. The van der Waals surface area contributed by atoms with Gasteiger partial charge in [-0.25, -0.2) is 9.59 Å². The summed E-state index contributed by atoms with van der Waals surface area (Å²) in [6.07, 6.45) is 1.68. The van der Waals surface area contributed by atoms with E-state index in [4.69, 9.17) is 21.1 Å². The Labute approximate surface area is 127 Å². The molecule has 0 heterocycles. The van der Waals surface area contributed by atoms with Crippen LogP contribution in [0.25, 0.3) is 0 Å². The second-order valence-electron chi connectivity index (χ2n) is 4.19.